The predicted octanol–water partition coefficient (Wildman–Crippen LogP) is 23.0. The molecule has 12 heteroatoms. The minimum atomic E-state index is 0.220. The van der Waals surface area contributed by atoms with Crippen LogP contribution in [-0.4, -0.2) is 23.5 Å². The lowest BCUT2D eigenvalue weighted by atomic mass is 10.0. The first kappa shape index (κ1) is 59.1. The number of alkyl halides is 4. The topological polar surface area (TPSA) is 0 Å². The third kappa shape index (κ3) is 18.2. The first-order valence-corrected chi connectivity index (χ1v) is 27.1. The van der Waals surface area contributed by atoms with E-state index >= 15 is 0 Å². The Morgan fingerprint density at radius 3 is 0.458 bits per heavy atom. The second-order valence-corrected chi connectivity index (χ2v) is 20.1. The molecule has 0 radical (unpaired) electrons. The maximum atomic E-state index is 5.83. The Kier molecular flexibility index (Phi) is 26.1. The summed E-state index contributed by atoms with van der Waals surface area (Å²) in [5, 5.41) is 0. The first-order valence-electron chi connectivity index (χ1n) is 21.9. The minimum Gasteiger partial charge on any atom is -0.121 e. The van der Waals surface area contributed by atoms with E-state index in [2.05, 4.69) is 48.5 Å². The summed E-state index contributed by atoms with van der Waals surface area (Å²) in [6.45, 7) is 0. The fraction of sp³-hybridized carbons (Fsp3) is 0.0667. The summed E-state index contributed by atoms with van der Waals surface area (Å²) in [4.78, 5) is 0. The van der Waals surface area contributed by atoms with Gasteiger partial charge in [-0.3, -0.25) is 0 Å². The normalized spacial score (nSPS) is 10.2. The molecule has 8 aromatic rings. The van der Waals surface area contributed by atoms with E-state index in [1.807, 2.05) is 170 Å². The van der Waals surface area contributed by atoms with Gasteiger partial charge in [0.2, 0.25) is 0 Å². The van der Waals surface area contributed by atoms with Gasteiger partial charge in [-0.05, 0) is 66.8 Å². The summed E-state index contributed by atoms with van der Waals surface area (Å²) in [5.41, 5.74) is 16.1. The van der Waals surface area contributed by atoms with Crippen LogP contribution in [0.2, 0.25) is 0 Å². The van der Waals surface area contributed by atoms with Crippen LogP contribution in [0, 0.1) is 0 Å². The quantitative estimate of drug-likeness (QED) is 0.107. The molecule has 0 fully saturated rings. The van der Waals surface area contributed by atoms with E-state index < -0.39 is 0 Å². The van der Waals surface area contributed by atoms with Crippen molar-refractivity contribution in [1.29, 1.82) is 0 Å². The average molecular weight is 1190 g/mol. The van der Waals surface area contributed by atoms with Gasteiger partial charge in [0, 0.05) is 22.3 Å². The Hall–Kier alpha value is -3.80. The molecule has 0 aliphatic heterocycles. The predicted molar refractivity (Wildman–Crippen MR) is 325 cm³/mol. The third-order valence-electron chi connectivity index (χ3n) is 10.8. The summed E-state index contributed by atoms with van der Waals surface area (Å²) in [6, 6.07) is 72.8. The van der Waals surface area contributed by atoms with E-state index in [0.29, 0.717) is 23.5 Å². The van der Waals surface area contributed by atoms with Crippen molar-refractivity contribution in [3.05, 3.63) is 259 Å². The van der Waals surface area contributed by atoms with E-state index in [1.54, 1.807) is 0 Å². The molecule has 8 aromatic carbocycles. The van der Waals surface area contributed by atoms with Crippen molar-refractivity contribution in [3.63, 3.8) is 0 Å². The Labute approximate surface area is 483 Å². The number of halogens is 12. The highest BCUT2D eigenvalue weighted by Gasteiger charge is 2.09. The van der Waals surface area contributed by atoms with E-state index in [-0.39, 0.29) is 18.0 Å². The van der Waals surface area contributed by atoms with Gasteiger partial charge < -0.3 is 0 Å². The molecule has 0 amide bonds. The Balaban J connectivity index is 0.000000178. The zero-order chi connectivity index (χ0) is 51.8. The fourth-order valence-electron chi connectivity index (χ4n) is 6.92. The Morgan fingerprint density at radius 2 is 0.333 bits per heavy atom. The Morgan fingerprint density at radius 1 is 0.194 bits per heavy atom. The van der Waals surface area contributed by atoms with Gasteiger partial charge in [0.25, 0.3) is 0 Å². The summed E-state index contributed by atoms with van der Waals surface area (Å²) >= 11 is 69.7. The highest BCUT2D eigenvalue weighted by molar-refractivity contribution is 6.60. The van der Waals surface area contributed by atoms with Crippen LogP contribution < -0.4 is 0 Å². The molecule has 0 atom stereocenters. The highest BCUT2D eigenvalue weighted by Crippen LogP contribution is 2.32. The summed E-state index contributed by atoms with van der Waals surface area (Å²) < 4.78 is 0.879. The molecule has 0 N–H and O–H groups in total. The minimum absolute atomic E-state index is 0.220. The van der Waals surface area contributed by atoms with Crippen LogP contribution in [0.3, 0.4) is 0 Å². The molecule has 8 rings (SSSR count). The van der Waals surface area contributed by atoms with Crippen molar-refractivity contribution >= 4 is 162 Å². The third-order valence-corrected chi connectivity index (χ3v) is 13.7. The molecule has 0 aliphatic rings. The largest absolute Gasteiger partial charge is 0.121 e. The molecule has 0 spiro atoms. The maximum absolute atomic E-state index is 5.83. The van der Waals surface area contributed by atoms with Crippen molar-refractivity contribution in [1.82, 2.24) is 0 Å². The van der Waals surface area contributed by atoms with Crippen molar-refractivity contribution in [2.75, 3.05) is 23.5 Å². The van der Waals surface area contributed by atoms with Crippen LogP contribution in [0.1, 0.15) is 22.3 Å². The van der Waals surface area contributed by atoms with Crippen LogP contribution in [-0.2, 0) is 0 Å². The van der Waals surface area contributed by atoms with Gasteiger partial charge in [-0.25, -0.2) is 0 Å². The van der Waals surface area contributed by atoms with Crippen LogP contribution >= 0.6 is 139 Å². The molecule has 0 nitrogen and oxygen atoms in total. The Bertz CT molecular complexity index is 2570. The molecule has 0 aromatic heterocycles. The lowest BCUT2D eigenvalue weighted by Crippen LogP contribution is -1.87. The van der Waals surface area contributed by atoms with Crippen LogP contribution in [0.5, 0.6) is 0 Å². The van der Waals surface area contributed by atoms with Gasteiger partial charge in [-0.15, -0.1) is 46.4 Å². The number of benzene rings is 8. The first-order chi connectivity index (χ1) is 34.9. The smallest absolute Gasteiger partial charge is 0.111 e. The fourth-order valence-corrected chi connectivity index (χ4v) is 10.0. The second kappa shape index (κ2) is 31.8. The standard InChI is InChI=1S/4C15H11Cl3/c4*16-10-14(15(17)18)13-8-6-12(7-9-13)11-4-2-1-3-5-11/h4*1-9H,10H2. The van der Waals surface area contributed by atoms with Gasteiger partial charge in [0.05, 0.1) is 23.5 Å². The van der Waals surface area contributed by atoms with Crippen molar-refractivity contribution in [2.45, 2.75) is 0 Å². The lowest BCUT2D eigenvalue weighted by Gasteiger charge is -2.06. The van der Waals surface area contributed by atoms with E-state index in [1.165, 1.54) is 22.3 Å². The summed E-state index contributed by atoms with van der Waals surface area (Å²) in [5.74, 6) is 1.19. The molecular weight excluding hydrogens is 1150 g/mol. The summed E-state index contributed by atoms with van der Waals surface area (Å²) in [7, 11) is 0. The molecule has 0 saturated carbocycles. The number of allylic oxidation sites excluding steroid dienone is 4. The number of hydrogen-bond donors (Lipinski definition) is 0. The average Bonchev–Trinajstić information content (AvgIpc) is 3.41. The van der Waals surface area contributed by atoms with E-state index in [0.717, 1.165) is 66.8 Å². The molecule has 0 unspecified atom stereocenters. The highest BCUT2D eigenvalue weighted by atomic mass is 35.5. The van der Waals surface area contributed by atoms with Gasteiger partial charge >= 0.3 is 0 Å². The molecule has 0 heterocycles. The zero-order valence-corrected chi connectivity index (χ0v) is 47.2. The van der Waals surface area contributed by atoms with Crippen molar-refractivity contribution in [3.8, 4) is 44.5 Å². The van der Waals surface area contributed by atoms with E-state index in [9.17, 15) is 0 Å². The van der Waals surface area contributed by atoms with Gasteiger partial charge in [-0.1, -0.05) is 311 Å². The number of hydrogen-bond acceptors (Lipinski definition) is 0. The van der Waals surface area contributed by atoms with Crippen LogP contribution in [0.15, 0.2) is 236 Å². The molecule has 0 bridgehead atoms. The molecular formula is C60H44Cl12. The monoisotopic (exact) mass is 1180 g/mol. The molecule has 72 heavy (non-hydrogen) atoms. The zero-order valence-electron chi connectivity index (χ0n) is 38.1. The second-order valence-electron chi connectivity index (χ2n) is 15.3. The van der Waals surface area contributed by atoms with Crippen molar-refractivity contribution < 1.29 is 0 Å². The van der Waals surface area contributed by atoms with Crippen molar-refractivity contribution in [2.24, 2.45) is 0 Å². The number of rotatable bonds is 12. The van der Waals surface area contributed by atoms with E-state index in [4.69, 9.17) is 139 Å². The lowest BCUT2D eigenvalue weighted by molar-refractivity contribution is 1.55. The van der Waals surface area contributed by atoms with Crippen LogP contribution in [0.4, 0.5) is 0 Å². The SMILES string of the molecule is ClCC(=C(Cl)Cl)c1ccc(-c2ccccc2)cc1.ClCC(=C(Cl)Cl)c1ccc(-c2ccccc2)cc1.ClCC(=C(Cl)Cl)c1ccc(-c2ccccc2)cc1.ClCC(=C(Cl)Cl)c1ccc(-c2ccccc2)cc1. The van der Waals surface area contributed by atoms with Gasteiger partial charge in [-0.2, -0.15) is 0 Å². The molecule has 368 valence electrons. The summed E-state index contributed by atoms with van der Waals surface area (Å²) in [6.07, 6.45) is 0. The molecule has 0 saturated heterocycles. The molecule has 0 aliphatic carbocycles. The van der Waals surface area contributed by atoms with Gasteiger partial charge in [0.1, 0.15) is 18.0 Å². The van der Waals surface area contributed by atoms with Crippen LogP contribution in [0.25, 0.3) is 66.8 Å². The van der Waals surface area contributed by atoms with Gasteiger partial charge in [0.15, 0.2) is 0 Å². The maximum Gasteiger partial charge on any atom is 0.111 e.